The molecule has 0 spiro atoms. The third kappa shape index (κ3) is 4.12. The van der Waals surface area contributed by atoms with Gasteiger partial charge in [-0.3, -0.25) is 4.79 Å². The number of ketones is 1. The van der Waals surface area contributed by atoms with Crippen LogP contribution < -0.4 is 15.8 Å². The maximum atomic E-state index is 12.2. The Morgan fingerprint density at radius 1 is 1.41 bits per heavy atom. The van der Waals surface area contributed by atoms with Gasteiger partial charge in [0.15, 0.2) is 16.0 Å². The van der Waals surface area contributed by atoms with Gasteiger partial charge in [0.2, 0.25) is 0 Å². The fraction of sp³-hybridized carbons (Fsp3) is 0.133. The number of nitrogens with one attached hydrogen (secondary N) is 1. The minimum absolute atomic E-state index is 0.109. The molecule has 2 aromatic rings. The van der Waals surface area contributed by atoms with Crippen LogP contribution in [0.3, 0.4) is 0 Å². The van der Waals surface area contributed by atoms with Crippen LogP contribution in [0.15, 0.2) is 30.3 Å². The summed E-state index contributed by atoms with van der Waals surface area (Å²) in [4.78, 5) is 17.0. The number of rotatable bonds is 5. The Hall–Kier alpha value is -2.25. The zero-order valence-corrected chi connectivity index (χ0v) is 13.8. The molecule has 1 heterocycles. The summed E-state index contributed by atoms with van der Waals surface area (Å²) in [6.45, 7) is 1.77. The number of carbonyl (C=O) groups is 1. The average molecular weight is 333 g/mol. The van der Waals surface area contributed by atoms with E-state index in [-0.39, 0.29) is 10.9 Å². The topological polar surface area (TPSA) is 77.2 Å². The zero-order valence-electron chi connectivity index (χ0n) is 12.1. The second-order valence-electron chi connectivity index (χ2n) is 4.39. The number of aryl methyl sites for hydroxylation is 1. The first-order valence-electron chi connectivity index (χ1n) is 6.40. The molecule has 0 bridgehead atoms. The van der Waals surface area contributed by atoms with Gasteiger partial charge in [-0.25, -0.2) is 4.98 Å². The van der Waals surface area contributed by atoms with Gasteiger partial charge in [0.25, 0.3) is 0 Å². The molecule has 0 saturated carbocycles. The van der Waals surface area contributed by atoms with Gasteiger partial charge in [-0.2, -0.15) is 0 Å². The van der Waals surface area contributed by atoms with Crippen molar-refractivity contribution in [2.24, 2.45) is 5.73 Å². The summed E-state index contributed by atoms with van der Waals surface area (Å²) in [5, 5.41) is 3.38. The summed E-state index contributed by atoms with van der Waals surface area (Å²) in [5.41, 5.74) is 6.96. The number of aromatic nitrogens is 1. The molecule has 1 aromatic carbocycles. The van der Waals surface area contributed by atoms with Crippen LogP contribution in [0.25, 0.3) is 6.08 Å². The monoisotopic (exact) mass is 333 g/mol. The molecule has 2 rings (SSSR count). The number of nitrogens with two attached hydrogens (primary N) is 1. The first-order valence-corrected chi connectivity index (χ1v) is 7.62. The predicted molar refractivity (Wildman–Crippen MR) is 93.6 cm³/mol. The van der Waals surface area contributed by atoms with Gasteiger partial charge in [0, 0.05) is 0 Å². The van der Waals surface area contributed by atoms with Crippen LogP contribution in [-0.2, 0) is 0 Å². The number of carbonyl (C=O) groups excluding carboxylic acids is 1. The van der Waals surface area contributed by atoms with Crippen LogP contribution in [0.1, 0.15) is 20.9 Å². The van der Waals surface area contributed by atoms with E-state index < -0.39 is 0 Å². The zero-order chi connectivity index (χ0) is 16.1. The quantitative estimate of drug-likeness (QED) is 0.497. The highest BCUT2D eigenvalue weighted by molar-refractivity contribution is 7.80. The maximum Gasteiger partial charge on any atom is 0.197 e. The average Bonchev–Trinajstić information content (AvgIpc) is 2.85. The normalized spacial score (nSPS) is 10.6. The van der Waals surface area contributed by atoms with Gasteiger partial charge in [0.05, 0.1) is 17.7 Å². The van der Waals surface area contributed by atoms with Crippen LogP contribution >= 0.6 is 23.6 Å². The second kappa shape index (κ2) is 7.15. The summed E-state index contributed by atoms with van der Waals surface area (Å²) < 4.78 is 5.09. The number of methoxy groups -OCH3 is 1. The van der Waals surface area contributed by atoms with Crippen LogP contribution in [0.4, 0.5) is 5.13 Å². The first-order chi connectivity index (χ1) is 10.5. The molecule has 0 aliphatic carbocycles. The molecular weight excluding hydrogens is 318 g/mol. The standard InChI is InChI=1S/C15H15N3O2S2/c1-9-13(22-15(17-9)18-14(16)21)12(19)8-5-10-3-6-11(20-2)7-4-10/h3-8H,1-2H3,(H3,16,17,18,21). The van der Waals surface area contributed by atoms with Crippen LogP contribution in [0.5, 0.6) is 5.75 Å². The van der Waals surface area contributed by atoms with Crippen LogP contribution in [-0.4, -0.2) is 23.0 Å². The lowest BCUT2D eigenvalue weighted by atomic mass is 10.1. The second-order valence-corrected chi connectivity index (χ2v) is 5.83. The highest BCUT2D eigenvalue weighted by Gasteiger charge is 2.13. The van der Waals surface area contributed by atoms with Crippen molar-refractivity contribution in [1.29, 1.82) is 0 Å². The van der Waals surface area contributed by atoms with E-state index >= 15 is 0 Å². The number of thiocarbonyl (C=S) groups is 1. The molecular formula is C15H15N3O2S2. The van der Waals surface area contributed by atoms with Crippen LogP contribution in [0, 0.1) is 6.92 Å². The number of nitrogens with zero attached hydrogens (tertiary/aromatic N) is 1. The number of allylic oxidation sites excluding steroid dienone is 1. The van der Waals surface area contributed by atoms with E-state index in [0.717, 1.165) is 11.3 Å². The largest absolute Gasteiger partial charge is 0.497 e. The summed E-state index contributed by atoms with van der Waals surface area (Å²) in [6.07, 6.45) is 3.27. The lowest BCUT2D eigenvalue weighted by molar-refractivity contribution is 0.105. The van der Waals surface area contributed by atoms with Gasteiger partial charge >= 0.3 is 0 Å². The lowest BCUT2D eigenvalue weighted by Crippen LogP contribution is -2.18. The molecule has 0 aliphatic rings. The molecule has 0 radical (unpaired) electrons. The number of hydrogen-bond acceptors (Lipinski definition) is 5. The van der Waals surface area contributed by atoms with Gasteiger partial charge in [0.1, 0.15) is 5.75 Å². The highest BCUT2D eigenvalue weighted by Crippen LogP contribution is 2.23. The van der Waals surface area contributed by atoms with E-state index in [4.69, 9.17) is 22.7 Å². The minimum atomic E-state index is -0.109. The molecule has 0 unspecified atom stereocenters. The van der Waals surface area contributed by atoms with Crippen molar-refractivity contribution in [3.8, 4) is 5.75 Å². The number of ether oxygens (including phenoxy) is 1. The van der Waals surface area contributed by atoms with Crippen molar-refractivity contribution < 1.29 is 9.53 Å². The molecule has 5 nitrogen and oxygen atoms in total. The minimum Gasteiger partial charge on any atom is -0.497 e. The van der Waals surface area contributed by atoms with Gasteiger partial charge in [-0.05, 0) is 42.9 Å². The Morgan fingerprint density at radius 3 is 2.68 bits per heavy atom. The van der Waals surface area contributed by atoms with Crippen molar-refractivity contribution in [2.45, 2.75) is 6.92 Å². The lowest BCUT2D eigenvalue weighted by Gasteiger charge is -1.98. The fourth-order valence-electron chi connectivity index (χ4n) is 1.75. The summed E-state index contributed by atoms with van der Waals surface area (Å²) in [5.74, 6) is 0.664. The summed E-state index contributed by atoms with van der Waals surface area (Å²) in [7, 11) is 1.61. The van der Waals surface area contributed by atoms with Gasteiger partial charge in [-0.15, -0.1) is 0 Å². The maximum absolute atomic E-state index is 12.2. The van der Waals surface area contributed by atoms with Crippen LogP contribution in [0.2, 0.25) is 0 Å². The first kappa shape index (κ1) is 16.1. The van der Waals surface area contributed by atoms with E-state index in [2.05, 4.69) is 10.3 Å². The molecule has 0 saturated heterocycles. The Balaban J connectivity index is 2.12. The number of hydrogen-bond donors (Lipinski definition) is 2. The molecule has 0 aliphatic heterocycles. The van der Waals surface area contributed by atoms with Crippen molar-refractivity contribution in [2.75, 3.05) is 12.4 Å². The molecule has 1 aromatic heterocycles. The van der Waals surface area contributed by atoms with E-state index in [0.29, 0.717) is 15.7 Å². The predicted octanol–water partition coefficient (Wildman–Crippen LogP) is 3.01. The Labute approximate surface area is 137 Å². The third-order valence-corrected chi connectivity index (χ3v) is 3.98. The summed E-state index contributed by atoms with van der Waals surface area (Å²) >= 11 is 5.98. The van der Waals surface area contributed by atoms with Gasteiger partial charge < -0.3 is 15.8 Å². The Kier molecular flexibility index (Phi) is 5.24. The third-order valence-electron chi connectivity index (χ3n) is 2.79. The van der Waals surface area contributed by atoms with Crippen molar-refractivity contribution in [3.05, 3.63) is 46.5 Å². The number of thiazole rings is 1. The number of benzene rings is 1. The molecule has 7 heteroatoms. The highest BCUT2D eigenvalue weighted by atomic mass is 32.1. The van der Waals surface area contributed by atoms with Crippen molar-refractivity contribution in [1.82, 2.24) is 4.98 Å². The molecule has 0 atom stereocenters. The van der Waals surface area contributed by atoms with Crippen molar-refractivity contribution >= 4 is 45.7 Å². The van der Waals surface area contributed by atoms with Crippen molar-refractivity contribution in [3.63, 3.8) is 0 Å². The molecule has 0 fully saturated rings. The SMILES string of the molecule is COc1ccc(C=CC(=O)c2sc(NC(N)=S)nc2C)cc1. The Bertz CT molecular complexity index is 721. The van der Waals surface area contributed by atoms with Gasteiger partial charge in [-0.1, -0.05) is 29.5 Å². The number of anilines is 1. The van der Waals surface area contributed by atoms with E-state index in [1.807, 2.05) is 24.3 Å². The van der Waals surface area contributed by atoms with E-state index in [1.54, 1.807) is 20.1 Å². The molecule has 114 valence electrons. The Morgan fingerprint density at radius 2 is 2.09 bits per heavy atom. The molecule has 3 N–H and O–H groups in total. The smallest absolute Gasteiger partial charge is 0.197 e. The molecule has 22 heavy (non-hydrogen) atoms. The summed E-state index contributed by atoms with van der Waals surface area (Å²) in [6, 6.07) is 7.43. The molecule has 0 amide bonds. The fourth-order valence-corrected chi connectivity index (χ4v) is 2.81. The van der Waals surface area contributed by atoms with E-state index in [9.17, 15) is 4.79 Å². The van der Waals surface area contributed by atoms with E-state index in [1.165, 1.54) is 17.4 Å².